The van der Waals surface area contributed by atoms with Gasteiger partial charge in [0.05, 0.1) is 16.9 Å². The summed E-state index contributed by atoms with van der Waals surface area (Å²) in [5.74, 6) is 0.405. The Kier molecular flexibility index (Phi) is 4.90. The van der Waals surface area contributed by atoms with Crippen molar-refractivity contribution in [3.63, 3.8) is 0 Å². The van der Waals surface area contributed by atoms with E-state index < -0.39 is 0 Å². The van der Waals surface area contributed by atoms with E-state index in [2.05, 4.69) is 5.10 Å². The summed E-state index contributed by atoms with van der Waals surface area (Å²) in [5.41, 5.74) is 0.805. The Hall–Kier alpha value is -1.56. The van der Waals surface area contributed by atoms with Crippen molar-refractivity contribution >= 4 is 23.4 Å². The highest BCUT2D eigenvalue weighted by Crippen LogP contribution is 2.22. The number of halogens is 1. The summed E-state index contributed by atoms with van der Waals surface area (Å²) in [5, 5.41) is 4.70. The molecule has 0 unspecified atom stereocenters. The van der Waals surface area contributed by atoms with Crippen LogP contribution in [0.2, 0.25) is 5.02 Å². The van der Waals surface area contributed by atoms with Crippen LogP contribution in [0.4, 0.5) is 0 Å². The molecule has 23 heavy (non-hydrogen) atoms. The molecule has 0 radical (unpaired) electrons. The molecule has 0 spiro atoms. The lowest BCUT2D eigenvalue weighted by molar-refractivity contribution is -0.140. The first-order chi connectivity index (χ1) is 11.1. The van der Waals surface area contributed by atoms with Gasteiger partial charge in [-0.3, -0.25) is 14.3 Å². The van der Waals surface area contributed by atoms with Gasteiger partial charge in [0.25, 0.3) is 0 Å². The Morgan fingerprint density at radius 3 is 2.39 bits per heavy atom. The molecule has 0 aliphatic carbocycles. The molecule has 126 valence electrons. The van der Waals surface area contributed by atoms with E-state index in [1.54, 1.807) is 10.9 Å². The van der Waals surface area contributed by atoms with E-state index in [1.165, 1.54) is 0 Å². The molecule has 1 aromatic rings. The van der Waals surface area contributed by atoms with Gasteiger partial charge < -0.3 is 9.80 Å². The Morgan fingerprint density at radius 2 is 1.83 bits per heavy atom. The number of hydrogen-bond donors (Lipinski definition) is 0. The first kappa shape index (κ1) is 16.3. The zero-order valence-corrected chi connectivity index (χ0v) is 14.3. The maximum absolute atomic E-state index is 12.4. The Balaban J connectivity index is 1.51. The minimum Gasteiger partial charge on any atom is -0.342 e. The van der Waals surface area contributed by atoms with E-state index >= 15 is 0 Å². The van der Waals surface area contributed by atoms with Crippen LogP contribution in [0.5, 0.6) is 0 Å². The fourth-order valence-corrected chi connectivity index (χ4v) is 3.52. The molecule has 2 saturated heterocycles. The van der Waals surface area contributed by atoms with Gasteiger partial charge in [-0.1, -0.05) is 11.6 Å². The number of aromatic nitrogens is 2. The molecule has 0 bridgehead atoms. The van der Waals surface area contributed by atoms with Gasteiger partial charge in [-0.15, -0.1) is 0 Å². The van der Waals surface area contributed by atoms with Crippen LogP contribution in [0.1, 0.15) is 31.4 Å². The lowest BCUT2D eigenvalue weighted by Gasteiger charge is -2.33. The van der Waals surface area contributed by atoms with Crippen LogP contribution >= 0.6 is 11.6 Å². The molecule has 2 aliphatic rings. The van der Waals surface area contributed by atoms with Crippen LogP contribution in [-0.4, -0.2) is 57.6 Å². The van der Waals surface area contributed by atoms with E-state index in [-0.39, 0.29) is 24.3 Å². The number of likely N-dealkylation sites (tertiary alicyclic amines) is 2. The number of amides is 2. The molecule has 0 aromatic carbocycles. The minimum atomic E-state index is 0.0416. The van der Waals surface area contributed by atoms with Crippen LogP contribution in [0, 0.1) is 12.8 Å². The van der Waals surface area contributed by atoms with Crippen molar-refractivity contribution in [2.45, 2.75) is 39.2 Å². The second-order valence-electron chi connectivity index (χ2n) is 6.42. The summed E-state index contributed by atoms with van der Waals surface area (Å²) >= 11 is 5.96. The first-order valence-corrected chi connectivity index (χ1v) is 8.68. The molecular formula is C16H23ClN4O2. The summed E-state index contributed by atoms with van der Waals surface area (Å²) in [6.45, 7) is 5.16. The standard InChI is InChI=1S/C16H23ClN4O2/c1-12-14(17)10-18-21(12)11-15(22)19-8-4-13(5-9-19)16(23)20-6-2-3-7-20/h10,13H,2-9,11H2,1H3. The zero-order valence-electron chi connectivity index (χ0n) is 13.5. The van der Waals surface area contributed by atoms with Gasteiger partial charge in [0.1, 0.15) is 6.54 Å². The van der Waals surface area contributed by atoms with Gasteiger partial charge in [0.15, 0.2) is 0 Å². The van der Waals surface area contributed by atoms with E-state index in [9.17, 15) is 9.59 Å². The van der Waals surface area contributed by atoms with Gasteiger partial charge in [0, 0.05) is 32.1 Å². The SMILES string of the molecule is Cc1c(Cl)cnn1CC(=O)N1CCC(C(=O)N2CCCC2)CC1. The average molecular weight is 339 g/mol. The number of rotatable bonds is 3. The predicted molar refractivity (Wildman–Crippen MR) is 87.1 cm³/mol. The third-order valence-electron chi connectivity index (χ3n) is 4.94. The average Bonchev–Trinajstić information content (AvgIpc) is 3.20. The summed E-state index contributed by atoms with van der Waals surface area (Å²) in [6.07, 6.45) is 5.33. The van der Waals surface area contributed by atoms with E-state index in [0.29, 0.717) is 18.1 Å². The summed E-state index contributed by atoms with van der Waals surface area (Å²) < 4.78 is 1.63. The highest BCUT2D eigenvalue weighted by atomic mass is 35.5. The van der Waals surface area contributed by atoms with E-state index in [1.807, 2.05) is 16.7 Å². The molecular weight excluding hydrogens is 316 g/mol. The first-order valence-electron chi connectivity index (χ1n) is 8.30. The normalized spacial score (nSPS) is 19.4. The van der Waals surface area contributed by atoms with E-state index in [0.717, 1.165) is 44.5 Å². The van der Waals surface area contributed by atoms with Gasteiger partial charge in [0.2, 0.25) is 11.8 Å². The van der Waals surface area contributed by atoms with Crippen LogP contribution in [0.3, 0.4) is 0 Å². The second kappa shape index (κ2) is 6.91. The molecule has 6 nitrogen and oxygen atoms in total. The van der Waals surface area contributed by atoms with Crippen molar-refractivity contribution in [3.05, 3.63) is 16.9 Å². The Labute approximate surface area is 141 Å². The fourth-order valence-electron chi connectivity index (χ4n) is 3.38. The molecule has 2 fully saturated rings. The van der Waals surface area contributed by atoms with Crippen LogP contribution in [0.15, 0.2) is 6.20 Å². The fraction of sp³-hybridized carbons (Fsp3) is 0.688. The highest BCUT2D eigenvalue weighted by Gasteiger charge is 2.31. The molecule has 3 heterocycles. The van der Waals surface area contributed by atoms with Gasteiger partial charge in [-0.25, -0.2) is 0 Å². The number of hydrogen-bond acceptors (Lipinski definition) is 3. The quantitative estimate of drug-likeness (QED) is 0.843. The Bertz CT molecular complexity index is 587. The lowest BCUT2D eigenvalue weighted by atomic mass is 9.95. The second-order valence-corrected chi connectivity index (χ2v) is 6.83. The molecule has 0 saturated carbocycles. The molecule has 3 rings (SSSR count). The molecule has 1 aromatic heterocycles. The summed E-state index contributed by atoms with van der Waals surface area (Å²) in [4.78, 5) is 28.6. The molecule has 0 N–H and O–H groups in total. The molecule has 7 heteroatoms. The third kappa shape index (κ3) is 3.52. The monoisotopic (exact) mass is 338 g/mol. The maximum Gasteiger partial charge on any atom is 0.244 e. The molecule has 2 aliphatic heterocycles. The number of carbonyl (C=O) groups is 2. The maximum atomic E-state index is 12.4. The van der Waals surface area contributed by atoms with Crippen LogP contribution in [-0.2, 0) is 16.1 Å². The summed E-state index contributed by atoms with van der Waals surface area (Å²) in [6, 6.07) is 0. The predicted octanol–water partition coefficient (Wildman–Crippen LogP) is 1.71. The van der Waals surface area contributed by atoms with Crippen molar-refractivity contribution < 1.29 is 9.59 Å². The number of nitrogens with zero attached hydrogens (tertiary/aromatic N) is 4. The largest absolute Gasteiger partial charge is 0.342 e. The number of carbonyl (C=O) groups excluding carboxylic acids is 2. The van der Waals surface area contributed by atoms with Crippen molar-refractivity contribution in [2.24, 2.45) is 5.92 Å². The Morgan fingerprint density at radius 1 is 1.17 bits per heavy atom. The zero-order chi connectivity index (χ0) is 16.4. The van der Waals surface area contributed by atoms with Crippen molar-refractivity contribution in [2.75, 3.05) is 26.2 Å². The molecule has 0 atom stereocenters. The van der Waals surface area contributed by atoms with Gasteiger partial charge in [-0.2, -0.15) is 5.10 Å². The molecule has 2 amide bonds. The highest BCUT2D eigenvalue weighted by molar-refractivity contribution is 6.31. The van der Waals surface area contributed by atoms with Crippen LogP contribution < -0.4 is 0 Å². The van der Waals surface area contributed by atoms with E-state index in [4.69, 9.17) is 11.6 Å². The van der Waals surface area contributed by atoms with Crippen molar-refractivity contribution in [1.29, 1.82) is 0 Å². The van der Waals surface area contributed by atoms with Crippen molar-refractivity contribution in [3.8, 4) is 0 Å². The van der Waals surface area contributed by atoms with Crippen molar-refractivity contribution in [1.82, 2.24) is 19.6 Å². The topological polar surface area (TPSA) is 58.4 Å². The number of piperidine rings is 1. The van der Waals surface area contributed by atoms with Gasteiger partial charge in [-0.05, 0) is 32.6 Å². The smallest absolute Gasteiger partial charge is 0.244 e. The van der Waals surface area contributed by atoms with Gasteiger partial charge >= 0.3 is 0 Å². The third-order valence-corrected chi connectivity index (χ3v) is 5.31. The van der Waals surface area contributed by atoms with Crippen LogP contribution in [0.25, 0.3) is 0 Å². The minimum absolute atomic E-state index is 0.0416. The summed E-state index contributed by atoms with van der Waals surface area (Å²) in [7, 11) is 0. The lowest BCUT2D eigenvalue weighted by Crippen LogP contribution is -2.44.